The molecule has 0 saturated heterocycles. The van der Waals surface area contributed by atoms with Crippen molar-refractivity contribution in [2.24, 2.45) is 23.2 Å². The Morgan fingerprint density at radius 3 is 2.48 bits per heavy atom. The second-order valence-corrected chi connectivity index (χ2v) is 11.3. The van der Waals surface area contributed by atoms with Crippen LogP contribution in [0.1, 0.15) is 98.3 Å². The predicted octanol–water partition coefficient (Wildman–Crippen LogP) is 5.54. The van der Waals surface area contributed by atoms with Crippen molar-refractivity contribution >= 4 is 0 Å². The molecular weight excluding hydrogens is 360 g/mol. The van der Waals surface area contributed by atoms with Gasteiger partial charge < -0.3 is 15.3 Å². The largest absolute Gasteiger partial charge is 0.393 e. The fourth-order valence-corrected chi connectivity index (χ4v) is 6.80. The van der Waals surface area contributed by atoms with E-state index in [0.717, 1.165) is 18.8 Å². The van der Waals surface area contributed by atoms with E-state index in [4.69, 9.17) is 0 Å². The minimum atomic E-state index is -0.545. The summed E-state index contributed by atoms with van der Waals surface area (Å²) in [6.45, 7) is 8.81. The lowest BCUT2D eigenvalue weighted by atomic mass is 9.60. The van der Waals surface area contributed by atoms with Crippen LogP contribution in [0.15, 0.2) is 23.3 Å². The lowest BCUT2D eigenvalue weighted by Gasteiger charge is -2.44. The lowest BCUT2D eigenvalue weighted by Crippen LogP contribution is -2.36. The van der Waals surface area contributed by atoms with Crippen molar-refractivity contribution < 1.29 is 15.3 Å². The number of aliphatic hydroxyl groups excluding tert-OH is 2. The summed E-state index contributed by atoms with van der Waals surface area (Å²) in [4.78, 5) is 0. The lowest BCUT2D eigenvalue weighted by molar-refractivity contribution is 0.0591. The van der Waals surface area contributed by atoms with Gasteiger partial charge in [0.15, 0.2) is 0 Å². The molecule has 3 N–H and O–H groups in total. The van der Waals surface area contributed by atoms with Crippen molar-refractivity contribution in [1.29, 1.82) is 0 Å². The molecule has 0 aromatic carbocycles. The molecule has 6 atom stereocenters. The van der Waals surface area contributed by atoms with Gasteiger partial charge in [0, 0.05) is 0 Å². The summed E-state index contributed by atoms with van der Waals surface area (Å²) in [6.07, 6.45) is 15.4. The summed E-state index contributed by atoms with van der Waals surface area (Å²) < 4.78 is 0. The van der Waals surface area contributed by atoms with Gasteiger partial charge in [-0.1, -0.05) is 50.0 Å². The normalized spacial score (nSPS) is 39.7. The summed E-state index contributed by atoms with van der Waals surface area (Å²) in [5.74, 6) is 2.19. The summed E-state index contributed by atoms with van der Waals surface area (Å²) in [7, 11) is 0. The fraction of sp³-hybridized carbons (Fsp3) is 0.846. The first-order valence-corrected chi connectivity index (χ1v) is 12.1. The van der Waals surface area contributed by atoms with E-state index in [9.17, 15) is 15.3 Å². The molecule has 3 fully saturated rings. The van der Waals surface area contributed by atoms with E-state index in [2.05, 4.69) is 26.0 Å². The maximum atomic E-state index is 10.0. The van der Waals surface area contributed by atoms with Crippen molar-refractivity contribution in [3.63, 3.8) is 0 Å². The summed E-state index contributed by atoms with van der Waals surface area (Å²) in [5, 5.41) is 29.9. The molecule has 166 valence electrons. The molecule has 0 aliphatic heterocycles. The predicted molar refractivity (Wildman–Crippen MR) is 120 cm³/mol. The number of aliphatic hydroxyl groups is 3. The highest BCUT2D eigenvalue weighted by molar-refractivity contribution is 5.26. The molecule has 0 heterocycles. The van der Waals surface area contributed by atoms with Crippen LogP contribution in [0.4, 0.5) is 0 Å². The monoisotopic (exact) mass is 404 g/mol. The van der Waals surface area contributed by atoms with Gasteiger partial charge in [0.1, 0.15) is 0 Å². The molecule has 0 amide bonds. The number of rotatable bonds is 6. The zero-order valence-electron chi connectivity index (χ0n) is 19.2. The molecule has 3 rings (SSSR count). The van der Waals surface area contributed by atoms with E-state index in [1.54, 1.807) is 5.57 Å². The topological polar surface area (TPSA) is 60.7 Å². The minimum Gasteiger partial charge on any atom is -0.393 e. The second kappa shape index (κ2) is 9.24. The van der Waals surface area contributed by atoms with Crippen LogP contribution < -0.4 is 0 Å². The number of fused-ring (bicyclic) bond motifs is 1. The fourth-order valence-electron chi connectivity index (χ4n) is 6.80. The van der Waals surface area contributed by atoms with E-state index >= 15 is 0 Å². The van der Waals surface area contributed by atoms with E-state index in [-0.39, 0.29) is 12.2 Å². The molecule has 3 nitrogen and oxygen atoms in total. The molecule has 3 aliphatic carbocycles. The van der Waals surface area contributed by atoms with Gasteiger partial charge in [0.25, 0.3) is 0 Å². The third-order valence-electron chi connectivity index (χ3n) is 8.25. The Labute approximate surface area is 178 Å². The van der Waals surface area contributed by atoms with Crippen LogP contribution in [0.2, 0.25) is 0 Å². The van der Waals surface area contributed by atoms with Crippen molar-refractivity contribution in [2.45, 2.75) is 116 Å². The average Bonchev–Trinajstić information content (AvgIpc) is 2.95. The highest BCUT2D eigenvalue weighted by atomic mass is 16.3. The van der Waals surface area contributed by atoms with Crippen LogP contribution in [0.3, 0.4) is 0 Å². The Morgan fingerprint density at radius 2 is 1.83 bits per heavy atom. The van der Waals surface area contributed by atoms with Gasteiger partial charge in [0.05, 0.1) is 17.8 Å². The van der Waals surface area contributed by atoms with Crippen LogP contribution in [0.5, 0.6) is 0 Å². The van der Waals surface area contributed by atoms with Crippen LogP contribution in [-0.2, 0) is 0 Å². The van der Waals surface area contributed by atoms with Crippen LogP contribution >= 0.6 is 0 Å². The Balaban J connectivity index is 1.66. The second-order valence-electron chi connectivity index (χ2n) is 11.3. The summed E-state index contributed by atoms with van der Waals surface area (Å²) in [5.41, 5.74) is 2.66. The first kappa shape index (κ1) is 23.0. The first-order chi connectivity index (χ1) is 13.6. The Bertz CT molecular complexity index is 602. The van der Waals surface area contributed by atoms with Crippen LogP contribution in [0.25, 0.3) is 0 Å². The molecule has 0 radical (unpaired) electrons. The molecule has 0 bridgehead atoms. The van der Waals surface area contributed by atoms with Crippen molar-refractivity contribution in [3.8, 4) is 0 Å². The van der Waals surface area contributed by atoms with Gasteiger partial charge in [-0.25, -0.2) is 0 Å². The third kappa shape index (κ3) is 5.74. The van der Waals surface area contributed by atoms with Crippen LogP contribution in [-0.4, -0.2) is 33.1 Å². The Morgan fingerprint density at radius 1 is 1.14 bits per heavy atom. The zero-order chi connectivity index (χ0) is 21.2. The standard InChI is InChI=1S/C26H44O3/c1-18(7-5-13-25(2,3)29)23-11-12-24-20(8-6-14-26(23,24)4)10-9-19-15-21(27)17-22(28)16-19/h9-10,18,21-24,27-29H,5-8,11-17H2,1-4H3/b19-9?,20-10+/t18-,21-,22?,23-,24+,26-/m1/s1. The highest BCUT2D eigenvalue weighted by Crippen LogP contribution is 2.59. The average molecular weight is 405 g/mol. The van der Waals surface area contributed by atoms with E-state index < -0.39 is 5.60 Å². The Hall–Kier alpha value is -0.640. The number of hydrogen-bond donors (Lipinski definition) is 3. The number of hydrogen-bond acceptors (Lipinski definition) is 3. The smallest absolute Gasteiger partial charge is 0.0602 e. The van der Waals surface area contributed by atoms with Gasteiger partial charge in [-0.3, -0.25) is 0 Å². The highest BCUT2D eigenvalue weighted by Gasteiger charge is 2.50. The van der Waals surface area contributed by atoms with Crippen LogP contribution in [0, 0.1) is 23.2 Å². The molecule has 3 saturated carbocycles. The van der Waals surface area contributed by atoms with Crippen molar-refractivity contribution in [3.05, 3.63) is 23.3 Å². The molecule has 29 heavy (non-hydrogen) atoms. The quantitative estimate of drug-likeness (QED) is 0.545. The molecule has 0 aromatic rings. The van der Waals surface area contributed by atoms with E-state index in [0.29, 0.717) is 36.5 Å². The van der Waals surface area contributed by atoms with E-state index in [1.807, 2.05) is 13.8 Å². The molecule has 1 unspecified atom stereocenters. The maximum absolute atomic E-state index is 10.0. The van der Waals surface area contributed by atoms with Gasteiger partial charge in [0.2, 0.25) is 0 Å². The van der Waals surface area contributed by atoms with Crippen molar-refractivity contribution in [1.82, 2.24) is 0 Å². The minimum absolute atomic E-state index is 0.388. The van der Waals surface area contributed by atoms with Gasteiger partial charge in [-0.05, 0) is 94.8 Å². The molecule has 3 heteroatoms. The molecule has 0 spiro atoms. The summed E-state index contributed by atoms with van der Waals surface area (Å²) >= 11 is 0. The molecule has 0 aromatic heterocycles. The molecular formula is C26H44O3. The van der Waals surface area contributed by atoms with Gasteiger partial charge in [-0.15, -0.1) is 0 Å². The van der Waals surface area contributed by atoms with E-state index in [1.165, 1.54) is 44.1 Å². The van der Waals surface area contributed by atoms with Gasteiger partial charge in [-0.2, -0.15) is 0 Å². The maximum Gasteiger partial charge on any atom is 0.0602 e. The zero-order valence-corrected chi connectivity index (χ0v) is 19.2. The summed E-state index contributed by atoms with van der Waals surface area (Å²) in [6, 6.07) is 0. The third-order valence-corrected chi connectivity index (χ3v) is 8.25. The molecule has 3 aliphatic rings. The number of allylic oxidation sites excluding steroid dienone is 3. The Kier molecular flexibility index (Phi) is 7.34. The first-order valence-electron chi connectivity index (χ1n) is 12.1. The SMILES string of the molecule is C[C@H](CCCC(C)(C)O)[C@H]1CC[C@H]2/C(=C/C=C3CC(O)C[C@H](O)C3)CCC[C@]12C. The van der Waals surface area contributed by atoms with Crippen molar-refractivity contribution in [2.75, 3.05) is 0 Å². The van der Waals surface area contributed by atoms with Gasteiger partial charge >= 0.3 is 0 Å².